The van der Waals surface area contributed by atoms with Crippen LogP contribution in [0, 0.1) is 6.92 Å². The molecule has 1 atom stereocenters. The van der Waals surface area contributed by atoms with Gasteiger partial charge in [0.25, 0.3) is 0 Å². The van der Waals surface area contributed by atoms with Crippen LogP contribution in [-0.4, -0.2) is 44.8 Å². The van der Waals surface area contributed by atoms with Gasteiger partial charge in [-0.05, 0) is 31.7 Å². The molecule has 2 amide bonds. The van der Waals surface area contributed by atoms with Crippen LogP contribution in [-0.2, 0) is 16.1 Å². The van der Waals surface area contributed by atoms with Crippen molar-refractivity contribution in [2.75, 3.05) is 6.54 Å². The van der Waals surface area contributed by atoms with E-state index in [0.29, 0.717) is 31.2 Å². The second-order valence-electron chi connectivity index (χ2n) is 6.27. The van der Waals surface area contributed by atoms with Crippen molar-refractivity contribution in [3.63, 3.8) is 0 Å². The van der Waals surface area contributed by atoms with E-state index in [-0.39, 0.29) is 11.8 Å². The molecule has 0 aliphatic heterocycles. The molecule has 1 aromatic heterocycles. The summed E-state index contributed by atoms with van der Waals surface area (Å²) in [6.07, 6.45) is 2.16. The Morgan fingerprint density at radius 1 is 1.04 bits per heavy atom. The first-order valence-corrected chi connectivity index (χ1v) is 8.86. The Morgan fingerprint density at radius 2 is 1.70 bits per heavy atom. The maximum atomic E-state index is 12.1. The second-order valence-corrected chi connectivity index (χ2v) is 6.27. The molecular weight excluding hydrogens is 346 g/mol. The number of benzene rings is 1. The second kappa shape index (κ2) is 10.3. The average Bonchev–Trinajstić information content (AvgIpc) is 2.66. The summed E-state index contributed by atoms with van der Waals surface area (Å²) in [4.78, 5) is 22.8. The molecule has 1 aromatic carbocycles. The lowest BCUT2D eigenvalue weighted by Crippen LogP contribution is -2.40. The van der Waals surface area contributed by atoms with Crippen LogP contribution in [0.1, 0.15) is 37.6 Å². The summed E-state index contributed by atoms with van der Waals surface area (Å²) in [6.45, 7) is 4.20. The molecule has 4 N–H and O–H groups in total. The minimum atomic E-state index is -0.556. The highest BCUT2D eigenvalue weighted by atomic mass is 16.2. The fourth-order valence-corrected chi connectivity index (χ4v) is 2.37. The van der Waals surface area contributed by atoms with Gasteiger partial charge in [0.2, 0.25) is 17.6 Å². The molecule has 0 spiro atoms. The van der Waals surface area contributed by atoms with Gasteiger partial charge in [0.1, 0.15) is 0 Å². The van der Waals surface area contributed by atoms with Crippen LogP contribution >= 0.6 is 0 Å². The van der Waals surface area contributed by atoms with E-state index in [1.54, 1.807) is 6.92 Å². The van der Waals surface area contributed by atoms with E-state index in [0.717, 1.165) is 24.0 Å². The van der Waals surface area contributed by atoms with Gasteiger partial charge in [-0.15, -0.1) is 20.4 Å². The van der Waals surface area contributed by atoms with Gasteiger partial charge < -0.3 is 16.4 Å². The maximum Gasteiger partial charge on any atom is 0.237 e. The fraction of sp³-hybridized carbons (Fsp3) is 0.444. The van der Waals surface area contributed by atoms with Crippen molar-refractivity contribution in [1.29, 1.82) is 0 Å². The topological polar surface area (TPSA) is 136 Å². The lowest BCUT2D eigenvalue weighted by atomic mass is 10.1. The van der Waals surface area contributed by atoms with Crippen molar-refractivity contribution >= 4 is 11.8 Å². The number of aromatic nitrogens is 4. The zero-order chi connectivity index (χ0) is 19.6. The summed E-state index contributed by atoms with van der Waals surface area (Å²) in [5.41, 5.74) is 7.65. The molecule has 9 nitrogen and oxygen atoms in total. The number of nitrogens with zero attached hydrogens (tertiary/aromatic N) is 4. The van der Waals surface area contributed by atoms with E-state index in [1.165, 1.54) is 6.92 Å². The van der Waals surface area contributed by atoms with Crippen molar-refractivity contribution in [3.05, 3.63) is 35.7 Å². The van der Waals surface area contributed by atoms with E-state index < -0.39 is 6.04 Å². The van der Waals surface area contributed by atoms with Crippen LogP contribution in [0.4, 0.5) is 0 Å². The number of unbranched alkanes of at least 4 members (excludes halogenated alkanes) is 1. The van der Waals surface area contributed by atoms with Gasteiger partial charge in [0, 0.05) is 25.6 Å². The molecule has 2 rings (SSSR count). The van der Waals surface area contributed by atoms with E-state index >= 15 is 0 Å². The normalized spacial score (nSPS) is 11.7. The Balaban J connectivity index is 1.74. The molecule has 2 aromatic rings. The predicted molar refractivity (Wildman–Crippen MR) is 100 cm³/mol. The molecule has 1 heterocycles. The molecule has 0 saturated carbocycles. The Hall–Kier alpha value is -2.94. The third kappa shape index (κ3) is 7.06. The summed E-state index contributed by atoms with van der Waals surface area (Å²) in [5.74, 6) is 0.736. The quantitative estimate of drug-likeness (QED) is 0.546. The first-order valence-electron chi connectivity index (χ1n) is 8.86. The predicted octanol–water partition coefficient (Wildman–Crippen LogP) is 0.492. The SMILES string of the molecule is CC(=O)NCCCCC(N)C(=O)NCc1ccc(-c2nnc(C)nn2)cc1. The standard InChI is InChI=1S/C18H25N7O2/c1-12-22-24-17(25-23-12)15-8-6-14(7-9-15)11-21-18(27)16(19)5-3-4-10-20-13(2)26/h6-9,16H,3-5,10-11,19H2,1-2H3,(H,20,26)(H,21,27). The zero-order valence-electron chi connectivity index (χ0n) is 15.6. The van der Waals surface area contributed by atoms with Crippen LogP contribution in [0.3, 0.4) is 0 Å². The van der Waals surface area contributed by atoms with E-state index in [2.05, 4.69) is 31.0 Å². The summed E-state index contributed by atoms with van der Waals surface area (Å²) in [6, 6.07) is 6.93. The van der Waals surface area contributed by atoms with Gasteiger partial charge >= 0.3 is 0 Å². The molecule has 0 bridgehead atoms. The molecule has 0 saturated heterocycles. The molecule has 9 heteroatoms. The van der Waals surface area contributed by atoms with Gasteiger partial charge in [-0.2, -0.15) is 0 Å². The van der Waals surface area contributed by atoms with Crippen molar-refractivity contribution in [3.8, 4) is 11.4 Å². The van der Waals surface area contributed by atoms with E-state index in [1.807, 2.05) is 24.3 Å². The number of amides is 2. The first-order chi connectivity index (χ1) is 13.0. The molecule has 1 unspecified atom stereocenters. The number of nitrogens with one attached hydrogen (secondary N) is 2. The highest BCUT2D eigenvalue weighted by molar-refractivity contribution is 5.81. The Bertz CT molecular complexity index is 747. The molecule has 0 aliphatic carbocycles. The number of nitrogens with two attached hydrogens (primary N) is 1. The van der Waals surface area contributed by atoms with Gasteiger partial charge in [0.15, 0.2) is 5.82 Å². The van der Waals surface area contributed by atoms with Crippen LogP contribution in [0.15, 0.2) is 24.3 Å². The number of carbonyl (C=O) groups is 2. The minimum Gasteiger partial charge on any atom is -0.356 e. The molecule has 27 heavy (non-hydrogen) atoms. The zero-order valence-corrected chi connectivity index (χ0v) is 15.6. The number of hydrogen-bond donors (Lipinski definition) is 3. The van der Waals surface area contributed by atoms with E-state index in [4.69, 9.17) is 5.73 Å². The van der Waals surface area contributed by atoms with Crippen LogP contribution < -0.4 is 16.4 Å². The van der Waals surface area contributed by atoms with Gasteiger partial charge in [-0.25, -0.2) is 0 Å². The van der Waals surface area contributed by atoms with Gasteiger partial charge in [0.05, 0.1) is 6.04 Å². The molecule has 0 radical (unpaired) electrons. The smallest absolute Gasteiger partial charge is 0.237 e. The minimum absolute atomic E-state index is 0.0514. The number of carbonyl (C=O) groups excluding carboxylic acids is 2. The van der Waals surface area contributed by atoms with E-state index in [9.17, 15) is 9.59 Å². The Labute approximate surface area is 158 Å². The van der Waals surface area contributed by atoms with Crippen LogP contribution in [0.5, 0.6) is 0 Å². The van der Waals surface area contributed by atoms with Crippen molar-refractivity contribution < 1.29 is 9.59 Å². The van der Waals surface area contributed by atoms with Crippen molar-refractivity contribution in [1.82, 2.24) is 31.0 Å². The summed E-state index contributed by atoms with van der Waals surface area (Å²) >= 11 is 0. The third-order valence-electron chi connectivity index (χ3n) is 3.91. The van der Waals surface area contributed by atoms with Crippen LogP contribution in [0.25, 0.3) is 11.4 Å². The monoisotopic (exact) mass is 371 g/mol. The highest BCUT2D eigenvalue weighted by Crippen LogP contribution is 2.14. The maximum absolute atomic E-state index is 12.1. The van der Waals surface area contributed by atoms with Crippen LogP contribution in [0.2, 0.25) is 0 Å². The summed E-state index contributed by atoms with van der Waals surface area (Å²) in [7, 11) is 0. The van der Waals surface area contributed by atoms with Gasteiger partial charge in [-0.1, -0.05) is 24.3 Å². The van der Waals surface area contributed by atoms with Gasteiger partial charge in [-0.3, -0.25) is 9.59 Å². The Kier molecular flexibility index (Phi) is 7.75. The van der Waals surface area contributed by atoms with Crippen molar-refractivity contribution in [2.45, 2.75) is 45.7 Å². The molecule has 0 fully saturated rings. The fourth-order valence-electron chi connectivity index (χ4n) is 2.37. The highest BCUT2D eigenvalue weighted by Gasteiger charge is 2.12. The largest absolute Gasteiger partial charge is 0.356 e. The average molecular weight is 371 g/mol. The van der Waals surface area contributed by atoms with Crippen molar-refractivity contribution in [2.24, 2.45) is 5.73 Å². The lowest BCUT2D eigenvalue weighted by Gasteiger charge is -2.12. The summed E-state index contributed by atoms with van der Waals surface area (Å²) in [5, 5.41) is 21.3. The number of hydrogen-bond acceptors (Lipinski definition) is 7. The molecule has 144 valence electrons. The number of rotatable bonds is 9. The first kappa shape index (κ1) is 20.4. The summed E-state index contributed by atoms with van der Waals surface area (Å²) < 4.78 is 0. The molecule has 0 aliphatic rings. The number of aryl methyl sites for hydroxylation is 1. The lowest BCUT2D eigenvalue weighted by molar-refractivity contribution is -0.122. The third-order valence-corrected chi connectivity index (χ3v) is 3.91. The molecular formula is C18H25N7O2. The Morgan fingerprint density at radius 3 is 2.33 bits per heavy atom.